The monoisotopic (exact) mass is 324 g/mol. The Morgan fingerprint density at radius 1 is 1.33 bits per heavy atom. The summed E-state index contributed by atoms with van der Waals surface area (Å²) >= 11 is 0. The molecule has 1 unspecified atom stereocenters. The van der Waals surface area contributed by atoms with Crippen molar-refractivity contribution in [2.45, 2.75) is 31.8 Å². The van der Waals surface area contributed by atoms with Crippen molar-refractivity contribution in [3.05, 3.63) is 29.8 Å². The standard InChI is InChI=1S/C14H19F3N2O.ClH/c1-18-12-6-4-8-19(10-12)9-11-5-2-3-7-13(11)20-14(15,16)17;/h2-3,5,7,12,18H,4,6,8-10H2,1H3;1H. The number of rotatable bonds is 4. The third kappa shape index (κ3) is 5.73. The molecule has 1 saturated heterocycles. The Bertz CT molecular complexity index is 442. The van der Waals surface area contributed by atoms with Crippen LogP contribution < -0.4 is 10.1 Å². The van der Waals surface area contributed by atoms with Crippen molar-refractivity contribution in [1.29, 1.82) is 0 Å². The van der Waals surface area contributed by atoms with Crippen LogP contribution in [0.5, 0.6) is 5.75 Å². The van der Waals surface area contributed by atoms with Crippen molar-refractivity contribution in [3.8, 4) is 5.75 Å². The lowest BCUT2D eigenvalue weighted by Gasteiger charge is -2.32. The Morgan fingerprint density at radius 3 is 2.71 bits per heavy atom. The normalized spacial score (nSPS) is 19.9. The topological polar surface area (TPSA) is 24.5 Å². The van der Waals surface area contributed by atoms with E-state index in [1.165, 1.54) is 6.07 Å². The maximum atomic E-state index is 12.4. The third-order valence-corrected chi connectivity index (χ3v) is 3.51. The van der Waals surface area contributed by atoms with Crippen LogP contribution in [0.2, 0.25) is 0 Å². The van der Waals surface area contributed by atoms with Crippen molar-refractivity contribution in [1.82, 2.24) is 10.2 Å². The van der Waals surface area contributed by atoms with E-state index in [0.717, 1.165) is 25.9 Å². The Morgan fingerprint density at radius 2 is 2.05 bits per heavy atom. The molecule has 1 aliphatic rings. The Hall–Kier alpha value is -0.980. The summed E-state index contributed by atoms with van der Waals surface area (Å²) in [6.45, 7) is 2.22. The number of halogens is 4. The highest BCUT2D eigenvalue weighted by Gasteiger charge is 2.32. The largest absolute Gasteiger partial charge is 0.573 e. The molecule has 120 valence electrons. The minimum Gasteiger partial charge on any atom is -0.405 e. The Balaban J connectivity index is 0.00000220. The van der Waals surface area contributed by atoms with Gasteiger partial charge < -0.3 is 10.1 Å². The molecule has 3 nitrogen and oxygen atoms in total. The smallest absolute Gasteiger partial charge is 0.405 e. The molecule has 21 heavy (non-hydrogen) atoms. The first-order valence-electron chi connectivity index (χ1n) is 6.71. The molecule has 1 aromatic carbocycles. The zero-order valence-electron chi connectivity index (χ0n) is 11.8. The summed E-state index contributed by atoms with van der Waals surface area (Å²) in [6.07, 6.45) is -2.49. The molecule has 1 atom stereocenters. The fourth-order valence-electron chi connectivity index (χ4n) is 2.53. The van der Waals surface area contributed by atoms with Gasteiger partial charge in [0.05, 0.1) is 0 Å². The average Bonchev–Trinajstić information content (AvgIpc) is 2.40. The van der Waals surface area contributed by atoms with Crippen LogP contribution in [0, 0.1) is 0 Å². The number of benzene rings is 1. The summed E-state index contributed by atoms with van der Waals surface area (Å²) in [4.78, 5) is 2.16. The van der Waals surface area contributed by atoms with E-state index in [0.29, 0.717) is 18.2 Å². The summed E-state index contributed by atoms with van der Waals surface area (Å²) in [5, 5.41) is 3.22. The van der Waals surface area contributed by atoms with Crippen molar-refractivity contribution in [2.75, 3.05) is 20.1 Å². The Labute approximate surface area is 128 Å². The van der Waals surface area contributed by atoms with Crippen molar-refractivity contribution < 1.29 is 17.9 Å². The maximum Gasteiger partial charge on any atom is 0.573 e. The lowest BCUT2D eigenvalue weighted by atomic mass is 10.0. The van der Waals surface area contributed by atoms with Gasteiger partial charge in [0.2, 0.25) is 0 Å². The molecule has 1 heterocycles. The molecule has 7 heteroatoms. The van der Waals surface area contributed by atoms with E-state index in [1.54, 1.807) is 18.2 Å². The second kappa shape index (κ2) is 7.87. The fourth-order valence-corrected chi connectivity index (χ4v) is 2.53. The van der Waals surface area contributed by atoms with Gasteiger partial charge in [-0.3, -0.25) is 4.90 Å². The lowest BCUT2D eigenvalue weighted by molar-refractivity contribution is -0.275. The molecule has 0 radical (unpaired) electrons. The van der Waals surface area contributed by atoms with Crippen molar-refractivity contribution in [2.24, 2.45) is 0 Å². The van der Waals surface area contributed by atoms with E-state index in [2.05, 4.69) is 15.0 Å². The van der Waals surface area contributed by atoms with Crippen LogP contribution in [-0.4, -0.2) is 37.4 Å². The summed E-state index contributed by atoms with van der Waals surface area (Å²) in [5.41, 5.74) is 0.571. The van der Waals surface area contributed by atoms with Crippen molar-refractivity contribution in [3.63, 3.8) is 0 Å². The molecule has 0 aromatic heterocycles. The van der Waals surface area contributed by atoms with Gasteiger partial charge in [-0.1, -0.05) is 18.2 Å². The van der Waals surface area contributed by atoms with Gasteiger partial charge in [0.15, 0.2) is 0 Å². The minimum atomic E-state index is -4.65. The fraction of sp³-hybridized carbons (Fsp3) is 0.571. The van der Waals surface area contributed by atoms with Crippen LogP contribution >= 0.6 is 12.4 Å². The van der Waals surface area contributed by atoms with Crippen LogP contribution in [-0.2, 0) is 6.54 Å². The predicted molar refractivity (Wildman–Crippen MR) is 77.7 cm³/mol. The predicted octanol–water partition coefficient (Wildman–Crippen LogP) is 3.19. The average molecular weight is 325 g/mol. The first-order chi connectivity index (χ1) is 9.48. The number of piperidine rings is 1. The number of para-hydroxylation sites is 1. The van der Waals surface area contributed by atoms with Crippen LogP contribution in [0.1, 0.15) is 18.4 Å². The highest BCUT2D eigenvalue weighted by atomic mass is 35.5. The van der Waals surface area contributed by atoms with Gasteiger partial charge in [-0.25, -0.2) is 0 Å². The number of hydrogen-bond donors (Lipinski definition) is 1. The molecule has 0 saturated carbocycles. The molecule has 2 rings (SSSR count). The van der Waals surface area contributed by atoms with Gasteiger partial charge >= 0.3 is 6.36 Å². The first-order valence-corrected chi connectivity index (χ1v) is 6.71. The zero-order valence-corrected chi connectivity index (χ0v) is 12.6. The number of nitrogens with zero attached hydrogens (tertiary/aromatic N) is 1. The molecule has 0 aliphatic carbocycles. The van der Waals surface area contributed by atoms with Gasteiger partial charge in [0, 0.05) is 24.7 Å². The maximum absolute atomic E-state index is 12.4. The first kappa shape index (κ1) is 18.1. The second-order valence-electron chi connectivity index (χ2n) is 5.02. The van der Waals surface area contributed by atoms with E-state index >= 15 is 0 Å². The highest BCUT2D eigenvalue weighted by Crippen LogP contribution is 2.27. The van der Waals surface area contributed by atoms with Crippen LogP contribution in [0.15, 0.2) is 24.3 Å². The van der Waals surface area contributed by atoms with Gasteiger partial charge in [-0.15, -0.1) is 25.6 Å². The van der Waals surface area contributed by atoms with Crippen LogP contribution in [0.4, 0.5) is 13.2 Å². The zero-order chi connectivity index (χ0) is 14.6. The molecular formula is C14H20ClF3N2O. The molecule has 1 aliphatic heterocycles. The van der Waals surface area contributed by atoms with Gasteiger partial charge in [0.25, 0.3) is 0 Å². The van der Waals surface area contributed by atoms with E-state index in [4.69, 9.17) is 0 Å². The molecule has 1 N–H and O–H groups in total. The van der Waals surface area contributed by atoms with Gasteiger partial charge in [-0.05, 0) is 32.5 Å². The molecule has 0 bridgehead atoms. The number of likely N-dealkylation sites (N-methyl/N-ethyl adjacent to an activating group) is 1. The number of hydrogen-bond acceptors (Lipinski definition) is 3. The van der Waals surface area contributed by atoms with Gasteiger partial charge in [0.1, 0.15) is 5.75 Å². The van der Waals surface area contributed by atoms with E-state index in [9.17, 15) is 13.2 Å². The number of ether oxygens (including phenoxy) is 1. The van der Waals surface area contributed by atoms with Gasteiger partial charge in [-0.2, -0.15) is 0 Å². The molecule has 0 amide bonds. The summed E-state index contributed by atoms with van der Waals surface area (Å²) in [7, 11) is 1.91. The number of likely N-dealkylation sites (tertiary alicyclic amines) is 1. The quantitative estimate of drug-likeness (QED) is 0.920. The summed E-state index contributed by atoms with van der Waals surface area (Å²) in [6, 6.07) is 6.74. The number of alkyl halides is 3. The summed E-state index contributed by atoms with van der Waals surface area (Å²) in [5.74, 6) is -0.105. The van der Waals surface area contributed by atoms with Crippen molar-refractivity contribution >= 4 is 12.4 Å². The van der Waals surface area contributed by atoms with E-state index < -0.39 is 6.36 Å². The second-order valence-corrected chi connectivity index (χ2v) is 5.02. The van der Waals surface area contributed by atoms with Crippen LogP contribution in [0.25, 0.3) is 0 Å². The van der Waals surface area contributed by atoms with E-state index in [-0.39, 0.29) is 18.2 Å². The third-order valence-electron chi connectivity index (χ3n) is 3.51. The minimum absolute atomic E-state index is 0. The molecule has 1 aromatic rings. The molecular weight excluding hydrogens is 305 g/mol. The lowest BCUT2D eigenvalue weighted by Crippen LogP contribution is -2.43. The molecule has 1 fully saturated rings. The highest BCUT2D eigenvalue weighted by molar-refractivity contribution is 5.85. The molecule has 0 spiro atoms. The van der Waals surface area contributed by atoms with E-state index in [1.807, 2.05) is 7.05 Å². The SMILES string of the molecule is CNC1CCCN(Cc2ccccc2OC(F)(F)F)C1.Cl. The number of nitrogens with one attached hydrogen (secondary N) is 1. The summed E-state index contributed by atoms with van der Waals surface area (Å²) < 4.78 is 41.2. The Kier molecular flexibility index (Phi) is 6.77. The van der Waals surface area contributed by atoms with Crippen LogP contribution in [0.3, 0.4) is 0 Å².